The SMILES string of the molecule is C=CCNC(N)=NCCc1cccc(C(=O)N(C)C)c1.I. The first-order chi connectivity index (χ1) is 9.54. The molecule has 0 radical (unpaired) electrons. The highest BCUT2D eigenvalue weighted by molar-refractivity contribution is 14.0. The lowest BCUT2D eigenvalue weighted by Gasteiger charge is -2.11. The molecule has 0 aliphatic heterocycles. The van der Waals surface area contributed by atoms with Crippen LogP contribution in [0.1, 0.15) is 15.9 Å². The van der Waals surface area contributed by atoms with Crippen LogP contribution in [0.2, 0.25) is 0 Å². The molecule has 0 aliphatic rings. The molecule has 0 spiro atoms. The van der Waals surface area contributed by atoms with Crippen molar-refractivity contribution in [1.82, 2.24) is 10.2 Å². The number of benzene rings is 1. The molecule has 0 heterocycles. The van der Waals surface area contributed by atoms with E-state index in [4.69, 9.17) is 5.73 Å². The van der Waals surface area contributed by atoms with Crippen molar-refractivity contribution in [2.24, 2.45) is 10.7 Å². The van der Waals surface area contributed by atoms with Gasteiger partial charge in [-0.3, -0.25) is 9.79 Å². The van der Waals surface area contributed by atoms with E-state index in [1.807, 2.05) is 24.3 Å². The molecule has 1 aromatic rings. The van der Waals surface area contributed by atoms with E-state index in [-0.39, 0.29) is 29.9 Å². The molecule has 3 N–H and O–H groups in total. The van der Waals surface area contributed by atoms with Crippen molar-refractivity contribution in [1.29, 1.82) is 0 Å². The Morgan fingerprint density at radius 1 is 1.48 bits per heavy atom. The van der Waals surface area contributed by atoms with E-state index in [1.165, 1.54) is 0 Å². The molecule has 116 valence electrons. The van der Waals surface area contributed by atoms with Gasteiger partial charge in [-0.2, -0.15) is 0 Å². The molecule has 0 aliphatic carbocycles. The number of rotatable bonds is 6. The maximum absolute atomic E-state index is 11.9. The molecule has 1 rings (SSSR count). The summed E-state index contributed by atoms with van der Waals surface area (Å²) >= 11 is 0. The minimum Gasteiger partial charge on any atom is -0.370 e. The minimum absolute atomic E-state index is 0. The Hall–Kier alpha value is -1.57. The Bertz CT molecular complexity index is 500. The maximum atomic E-state index is 11.9. The minimum atomic E-state index is 0. The van der Waals surface area contributed by atoms with E-state index in [0.717, 1.165) is 12.0 Å². The molecule has 0 unspecified atom stereocenters. The van der Waals surface area contributed by atoms with E-state index in [2.05, 4.69) is 16.9 Å². The summed E-state index contributed by atoms with van der Waals surface area (Å²) in [5, 5.41) is 2.91. The van der Waals surface area contributed by atoms with Gasteiger partial charge < -0.3 is 16.0 Å². The average molecular weight is 402 g/mol. The predicted molar refractivity (Wildman–Crippen MR) is 98.3 cm³/mol. The molecule has 1 aromatic carbocycles. The zero-order chi connectivity index (χ0) is 15.0. The third-order valence-electron chi connectivity index (χ3n) is 2.69. The van der Waals surface area contributed by atoms with Crippen LogP contribution in [0.15, 0.2) is 41.9 Å². The largest absolute Gasteiger partial charge is 0.370 e. The Morgan fingerprint density at radius 3 is 2.81 bits per heavy atom. The van der Waals surface area contributed by atoms with Gasteiger partial charge in [-0.15, -0.1) is 30.6 Å². The van der Waals surface area contributed by atoms with Gasteiger partial charge in [0.05, 0.1) is 0 Å². The second-order valence-electron chi connectivity index (χ2n) is 4.59. The summed E-state index contributed by atoms with van der Waals surface area (Å²) in [6.07, 6.45) is 2.46. The summed E-state index contributed by atoms with van der Waals surface area (Å²) < 4.78 is 0. The average Bonchev–Trinajstić information content (AvgIpc) is 2.44. The maximum Gasteiger partial charge on any atom is 0.253 e. The van der Waals surface area contributed by atoms with Crippen LogP contribution in [-0.4, -0.2) is 44.0 Å². The first-order valence-electron chi connectivity index (χ1n) is 6.50. The molecule has 0 saturated carbocycles. The molecule has 0 bridgehead atoms. The lowest BCUT2D eigenvalue weighted by Crippen LogP contribution is -2.31. The van der Waals surface area contributed by atoms with Gasteiger partial charge in [0.2, 0.25) is 0 Å². The molecule has 0 atom stereocenters. The number of amides is 1. The fourth-order valence-corrected chi connectivity index (χ4v) is 1.66. The van der Waals surface area contributed by atoms with Gasteiger partial charge in [-0.05, 0) is 24.1 Å². The van der Waals surface area contributed by atoms with Gasteiger partial charge in [0.15, 0.2) is 5.96 Å². The van der Waals surface area contributed by atoms with E-state index in [0.29, 0.717) is 24.6 Å². The first kappa shape index (κ1) is 19.4. The van der Waals surface area contributed by atoms with E-state index in [9.17, 15) is 4.79 Å². The van der Waals surface area contributed by atoms with Gasteiger partial charge in [0.1, 0.15) is 0 Å². The van der Waals surface area contributed by atoms with E-state index >= 15 is 0 Å². The van der Waals surface area contributed by atoms with Crippen molar-refractivity contribution in [3.63, 3.8) is 0 Å². The van der Waals surface area contributed by atoms with Crippen LogP contribution in [-0.2, 0) is 6.42 Å². The first-order valence-corrected chi connectivity index (χ1v) is 6.50. The van der Waals surface area contributed by atoms with E-state index in [1.54, 1.807) is 25.1 Å². The zero-order valence-corrected chi connectivity index (χ0v) is 14.8. The lowest BCUT2D eigenvalue weighted by atomic mass is 10.1. The Balaban J connectivity index is 0.00000400. The number of hydrogen-bond donors (Lipinski definition) is 2. The van der Waals surface area contributed by atoms with Crippen LogP contribution < -0.4 is 11.1 Å². The van der Waals surface area contributed by atoms with Crippen LogP contribution in [0.3, 0.4) is 0 Å². The van der Waals surface area contributed by atoms with Crippen LogP contribution in [0.5, 0.6) is 0 Å². The smallest absolute Gasteiger partial charge is 0.253 e. The quantitative estimate of drug-likeness (QED) is 0.329. The number of hydrogen-bond acceptors (Lipinski definition) is 2. The third kappa shape index (κ3) is 7.12. The zero-order valence-electron chi connectivity index (χ0n) is 12.5. The molecular weight excluding hydrogens is 379 g/mol. The van der Waals surface area contributed by atoms with E-state index < -0.39 is 0 Å². The van der Waals surface area contributed by atoms with Crippen molar-refractivity contribution >= 4 is 35.8 Å². The Kier molecular flexibility index (Phi) is 9.44. The third-order valence-corrected chi connectivity index (χ3v) is 2.69. The molecule has 0 aromatic heterocycles. The summed E-state index contributed by atoms with van der Waals surface area (Å²) in [6, 6.07) is 7.57. The van der Waals surface area contributed by atoms with Gasteiger partial charge in [-0.1, -0.05) is 18.2 Å². The summed E-state index contributed by atoms with van der Waals surface area (Å²) in [7, 11) is 3.48. The number of guanidine groups is 1. The lowest BCUT2D eigenvalue weighted by molar-refractivity contribution is 0.0827. The highest BCUT2D eigenvalue weighted by Crippen LogP contribution is 2.08. The number of nitrogens with two attached hydrogens (primary N) is 1. The van der Waals surface area contributed by atoms with Crippen LogP contribution >= 0.6 is 24.0 Å². The Morgan fingerprint density at radius 2 is 2.19 bits per heavy atom. The van der Waals surface area contributed by atoms with Crippen LogP contribution in [0, 0.1) is 0 Å². The van der Waals surface area contributed by atoms with Gasteiger partial charge in [0.25, 0.3) is 5.91 Å². The fraction of sp³-hybridized carbons (Fsp3) is 0.333. The van der Waals surface area contributed by atoms with Crippen molar-refractivity contribution < 1.29 is 4.79 Å². The fourth-order valence-electron chi connectivity index (χ4n) is 1.66. The second kappa shape index (κ2) is 10.2. The number of carbonyl (C=O) groups excluding carboxylic acids is 1. The predicted octanol–water partition coefficient (Wildman–Crippen LogP) is 1.64. The summed E-state index contributed by atoms with van der Waals surface area (Å²) in [5.74, 6) is 0.410. The molecule has 5 nitrogen and oxygen atoms in total. The molecule has 0 fully saturated rings. The van der Waals surface area contributed by atoms with Crippen LogP contribution in [0.4, 0.5) is 0 Å². The molecular formula is C15H23IN4O. The number of nitrogens with one attached hydrogen (secondary N) is 1. The molecule has 21 heavy (non-hydrogen) atoms. The Labute approximate surface area is 143 Å². The van der Waals surface area contributed by atoms with Crippen molar-refractivity contribution in [2.75, 3.05) is 27.2 Å². The topological polar surface area (TPSA) is 70.7 Å². The number of halogens is 1. The number of carbonyl (C=O) groups is 1. The van der Waals surface area contributed by atoms with Gasteiger partial charge >= 0.3 is 0 Å². The highest BCUT2D eigenvalue weighted by Gasteiger charge is 2.07. The highest BCUT2D eigenvalue weighted by atomic mass is 127. The van der Waals surface area contributed by atoms with Crippen LogP contribution in [0.25, 0.3) is 0 Å². The van der Waals surface area contributed by atoms with Gasteiger partial charge in [-0.25, -0.2) is 0 Å². The normalized spacial score (nSPS) is 10.5. The van der Waals surface area contributed by atoms with Crippen molar-refractivity contribution in [3.8, 4) is 0 Å². The van der Waals surface area contributed by atoms with Crippen molar-refractivity contribution in [2.45, 2.75) is 6.42 Å². The van der Waals surface area contributed by atoms with Crippen molar-refractivity contribution in [3.05, 3.63) is 48.0 Å². The standard InChI is InChI=1S/C15H22N4O.HI/c1-4-9-17-15(16)18-10-8-12-6-5-7-13(11-12)14(20)19(2)3;/h4-7,11H,1,8-10H2,2-3H3,(H3,16,17,18);1H. The number of aliphatic imine (C=N–C) groups is 1. The molecule has 6 heteroatoms. The van der Waals surface area contributed by atoms with Gasteiger partial charge in [0, 0.05) is 32.7 Å². The summed E-state index contributed by atoms with van der Waals surface area (Å²) in [6.45, 7) is 4.77. The summed E-state index contributed by atoms with van der Waals surface area (Å²) in [5.41, 5.74) is 7.43. The molecule has 0 saturated heterocycles. The second-order valence-corrected chi connectivity index (χ2v) is 4.59. The number of nitrogens with zero attached hydrogens (tertiary/aromatic N) is 2. The molecule has 1 amide bonds. The monoisotopic (exact) mass is 402 g/mol. The summed E-state index contributed by atoms with van der Waals surface area (Å²) in [4.78, 5) is 17.6.